The Morgan fingerprint density at radius 2 is 2.09 bits per heavy atom. The second kappa shape index (κ2) is 2.05. The number of hydrogen-bond acceptors (Lipinski definition) is 3. The van der Waals surface area contributed by atoms with Crippen LogP contribution in [0, 0.1) is 13.8 Å². The molecule has 11 heavy (non-hydrogen) atoms. The average Bonchev–Trinajstić information content (AvgIpc) is 2.31. The van der Waals surface area contributed by atoms with Crippen LogP contribution < -0.4 is 0 Å². The molecular weight excluding hydrogens is 140 g/mol. The molecule has 2 aromatic heterocycles. The highest BCUT2D eigenvalue weighted by atomic mass is 16.3. The van der Waals surface area contributed by atoms with Gasteiger partial charge in [-0.1, -0.05) is 0 Å². The molecule has 3 nitrogen and oxygen atoms in total. The van der Waals surface area contributed by atoms with Crippen LogP contribution in [-0.4, -0.2) is 9.97 Å². The molecule has 56 valence electrons. The van der Waals surface area contributed by atoms with Crippen molar-refractivity contribution >= 4 is 11.1 Å². The molecule has 0 aliphatic heterocycles. The fourth-order valence-electron chi connectivity index (χ4n) is 1.09. The van der Waals surface area contributed by atoms with Crippen LogP contribution in [0.1, 0.15) is 11.5 Å². The molecule has 0 aliphatic rings. The Labute approximate surface area is 64.1 Å². The number of aromatic nitrogens is 2. The zero-order chi connectivity index (χ0) is 7.84. The maximum atomic E-state index is 5.37. The van der Waals surface area contributed by atoms with Crippen molar-refractivity contribution in [1.29, 1.82) is 0 Å². The third-order valence-electron chi connectivity index (χ3n) is 1.61. The summed E-state index contributed by atoms with van der Waals surface area (Å²) in [5.41, 5.74) is 2.57. The average molecular weight is 148 g/mol. The van der Waals surface area contributed by atoms with Crippen molar-refractivity contribution in [2.45, 2.75) is 13.8 Å². The van der Waals surface area contributed by atoms with E-state index in [0.29, 0.717) is 0 Å². The van der Waals surface area contributed by atoms with E-state index in [4.69, 9.17) is 4.42 Å². The molecule has 3 heteroatoms. The summed E-state index contributed by atoms with van der Waals surface area (Å²) in [6.45, 7) is 3.81. The molecule has 0 saturated carbocycles. The van der Waals surface area contributed by atoms with E-state index in [1.165, 1.54) is 0 Å². The van der Waals surface area contributed by atoms with Crippen molar-refractivity contribution in [3.8, 4) is 0 Å². The summed E-state index contributed by atoms with van der Waals surface area (Å²) in [5, 5.41) is 0. The monoisotopic (exact) mass is 148 g/mol. The molecule has 0 N–H and O–H groups in total. The Bertz CT molecular complexity index is 392. The Kier molecular flexibility index (Phi) is 1.18. The summed E-state index contributed by atoms with van der Waals surface area (Å²) >= 11 is 0. The van der Waals surface area contributed by atoms with Gasteiger partial charge in [0.25, 0.3) is 0 Å². The van der Waals surface area contributed by atoms with Crippen LogP contribution in [0.5, 0.6) is 0 Å². The van der Waals surface area contributed by atoms with E-state index >= 15 is 0 Å². The molecule has 0 aliphatic carbocycles. The third kappa shape index (κ3) is 0.888. The van der Waals surface area contributed by atoms with Gasteiger partial charge in [-0.2, -0.15) is 0 Å². The number of nitrogens with zero attached hydrogens (tertiary/aromatic N) is 2. The Balaban J connectivity index is 2.90. The molecular formula is C8H8N2O. The van der Waals surface area contributed by atoms with Crippen molar-refractivity contribution < 1.29 is 4.42 Å². The van der Waals surface area contributed by atoms with Gasteiger partial charge < -0.3 is 4.42 Å². The topological polar surface area (TPSA) is 38.9 Å². The second-order valence-corrected chi connectivity index (χ2v) is 2.53. The first-order valence-electron chi connectivity index (χ1n) is 3.45. The summed E-state index contributed by atoms with van der Waals surface area (Å²) in [6, 6.07) is 1.91. The Morgan fingerprint density at radius 1 is 1.27 bits per heavy atom. The van der Waals surface area contributed by atoms with Gasteiger partial charge in [0.1, 0.15) is 17.6 Å². The van der Waals surface area contributed by atoms with Gasteiger partial charge in [0.2, 0.25) is 0 Å². The maximum Gasteiger partial charge on any atom is 0.173 e. The Morgan fingerprint density at radius 3 is 2.82 bits per heavy atom. The van der Waals surface area contributed by atoms with Crippen LogP contribution in [0.3, 0.4) is 0 Å². The quantitative estimate of drug-likeness (QED) is 0.572. The number of hydrogen-bond donors (Lipinski definition) is 0. The van der Waals surface area contributed by atoms with E-state index < -0.39 is 0 Å². The van der Waals surface area contributed by atoms with Crippen molar-refractivity contribution in [3.63, 3.8) is 0 Å². The molecule has 0 bridgehead atoms. The highest BCUT2D eigenvalue weighted by Gasteiger charge is 2.03. The molecule has 2 heterocycles. The summed E-state index contributed by atoms with van der Waals surface area (Å²) < 4.78 is 5.37. The van der Waals surface area contributed by atoms with Crippen LogP contribution >= 0.6 is 0 Å². The van der Waals surface area contributed by atoms with Crippen LogP contribution in [0.2, 0.25) is 0 Å². The fourth-order valence-corrected chi connectivity index (χ4v) is 1.09. The number of rotatable bonds is 0. The SMILES string of the molecule is Cc1cc2ncnc(C)c2o1. The summed E-state index contributed by atoms with van der Waals surface area (Å²) in [4.78, 5) is 8.07. The molecule has 0 fully saturated rings. The van der Waals surface area contributed by atoms with Crippen LogP contribution in [-0.2, 0) is 0 Å². The molecule has 0 unspecified atom stereocenters. The van der Waals surface area contributed by atoms with Gasteiger partial charge in [-0.3, -0.25) is 0 Å². The number of furan rings is 1. The van der Waals surface area contributed by atoms with Crippen LogP contribution in [0.4, 0.5) is 0 Å². The van der Waals surface area contributed by atoms with Gasteiger partial charge in [-0.15, -0.1) is 0 Å². The summed E-state index contributed by atoms with van der Waals surface area (Å²) in [7, 11) is 0. The molecule has 0 amide bonds. The highest BCUT2D eigenvalue weighted by molar-refractivity contribution is 5.74. The summed E-state index contributed by atoms with van der Waals surface area (Å²) in [6.07, 6.45) is 1.55. The van der Waals surface area contributed by atoms with Crippen LogP contribution in [0.25, 0.3) is 11.1 Å². The lowest BCUT2D eigenvalue weighted by molar-refractivity contribution is 0.574. The first kappa shape index (κ1) is 6.34. The van der Waals surface area contributed by atoms with E-state index in [0.717, 1.165) is 22.6 Å². The van der Waals surface area contributed by atoms with E-state index in [1.807, 2.05) is 19.9 Å². The smallest absolute Gasteiger partial charge is 0.173 e. The van der Waals surface area contributed by atoms with Gasteiger partial charge in [0.05, 0.1) is 5.69 Å². The number of fused-ring (bicyclic) bond motifs is 1. The second-order valence-electron chi connectivity index (χ2n) is 2.53. The molecule has 2 rings (SSSR count). The van der Waals surface area contributed by atoms with Gasteiger partial charge in [-0.25, -0.2) is 9.97 Å². The zero-order valence-electron chi connectivity index (χ0n) is 6.46. The minimum absolute atomic E-state index is 0.796. The van der Waals surface area contributed by atoms with Gasteiger partial charge in [0, 0.05) is 6.07 Å². The molecule has 0 atom stereocenters. The lowest BCUT2D eigenvalue weighted by Crippen LogP contribution is -1.81. The largest absolute Gasteiger partial charge is 0.458 e. The minimum atomic E-state index is 0.796. The molecule has 0 radical (unpaired) electrons. The third-order valence-corrected chi connectivity index (χ3v) is 1.61. The van der Waals surface area contributed by atoms with Gasteiger partial charge >= 0.3 is 0 Å². The summed E-state index contributed by atoms with van der Waals surface area (Å²) in [5.74, 6) is 0.878. The van der Waals surface area contributed by atoms with Gasteiger partial charge in [0.15, 0.2) is 5.58 Å². The lowest BCUT2D eigenvalue weighted by Gasteiger charge is -1.89. The fraction of sp³-hybridized carbons (Fsp3) is 0.250. The van der Waals surface area contributed by atoms with E-state index in [9.17, 15) is 0 Å². The predicted molar refractivity (Wildman–Crippen MR) is 41.3 cm³/mol. The van der Waals surface area contributed by atoms with Gasteiger partial charge in [-0.05, 0) is 13.8 Å². The first-order chi connectivity index (χ1) is 5.27. The molecule has 0 saturated heterocycles. The zero-order valence-corrected chi connectivity index (χ0v) is 6.46. The highest BCUT2D eigenvalue weighted by Crippen LogP contribution is 2.17. The minimum Gasteiger partial charge on any atom is -0.458 e. The first-order valence-corrected chi connectivity index (χ1v) is 3.45. The van der Waals surface area contributed by atoms with E-state index in [1.54, 1.807) is 6.33 Å². The van der Waals surface area contributed by atoms with E-state index in [-0.39, 0.29) is 0 Å². The van der Waals surface area contributed by atoms with Crippen molar-refractivity contribution in [1.82, 2.24) is 9.97 Å². The van der Waals surface area contributed by atoms with Crippen LogP contribution in [0.15, 0.2) is 16.8 Å². The number of aryl methyl sites for hydroxylation is 2. The molecule has 2 aromatic rings. The standard InChI is InChI=1S/C8H8N2O/c1-5-3-7-8(11-5)6(2)9-4-10-7/h3-4H,1-2H3. The normalized spacial score (nSPS) is 10.7. The maximum absolute atomic E-state index is 5.37. The molecule has 0 spiro atoms. The predicted octanol–water partition coefficient (Wildman–Crippen LogP) is 1.84. The van der Waals surface area contributed by atoms with Crippen molar-refractivity contribution in [2.24, 2.45) is 0 Å². The lowest BCUT2D eigenvalue weighted by atomic mass is 10.3. The Hall–Kier alpha value is -1.38. The van der Waals surface area contributed by atoms with Crippen molar-refractivity contribution in [2.75, 3.05) is 0 Å². The molecule has 0 aromatic carbocycles. The van der Waals surface area contributed by atoms with Crippen molar-refractivity contribution in [3.05, 3.63) is 23.8 Å². The van der Waals surface area contributed by atoms with E-state index in [2.05, 4.69) is 9.97 Å².